The quantitative estimate of drug-likeness (QED) is 0.589. The molecule has 0 fully saturated rings. The Morgan fingerprint density at radius 3 is 2.38 bits per heavy atom. The molecule has 0 spiro atoms. The first kappa shape index (κ1) is 12.4. The highest BCUT2D eigenvalue weighted by atomic mass is 16.5. The van der Waals surface area contributed by atoms with Gasteiger partial charge in [0.25, 0.3) is 0 Å². The van der Waals surface area contributed by atoms with Gasteiger partial charge < -0.3 is 4.74 Å². The first-order valence-corrected chi connectivity index (χ1v) is 5.10. The van der Waals surface area contributed by atoms with Gasteiger partial charge in [-0.05, 0) is 39.7 Å². The summed E-state index contributed by atoms with van der Waals surface area (Å²) in [5.41, 5.74) is 2.68. The number of allylic oxidation sites excluding steroid dienone is 3. The van der Waals surface area contributed by atoms with Crippen LogP contribution in [0.4, 0.5) is 0 Å². The molecule has 0 aromatic rings. The summed E-state index contributed by atoms with van der Waals surface area (Å²) in [6.45, 7) is 11.3. The maximum absolute atomic E-state index is 5.50. The molecule has 0 radical (unpaired) electrons. The molecule has 0 aromatic heterocycles. The van der Waals surface area contributed by atoms with Crippen molar-refractivity contribution in [1.29, 1.82) is 0 Å². The molecular formula is C12H22O. The highest BCUT2D eigenvalue weighted by Crippen LogP contribution is 2.11. The molecule has 0 heterocycles. The summed E-state index contributed by atoms with van der Waals surface area (Å²) in [5.74, 6) is 0. The van der Waals surface area contributed by atoms with Crippen LogP contribution in [0.1, 0.15) is 41.0 Å². The minimum atomic E-state index is 0.242. The Balaban J connectivity index is 4.29. The summed E-state index contributed by atoms with van der Waals surface area (Å²) in [4.78, 5) is 0. The van der Waals surface area contributed by atoms with E-state index in [0.717, 1.165) is 13.0 Å². The van der Waals surface area contributed by atoms with Gasteiger partial charge in [-0.25, -0.2) is 0 Å². The highest BCUT2D eigenvalue weighted by Gasteiger charge is 2.02. The molecule has 1 unspecified atom stereocenters. The van der Waals surface area contributed by atoms with Gasteiger partial charge in [0.2, 0.25) is 0 Å². The normalized spacial score (nSPS) is 16.1. The molecule has 1 atom stereocenters. The van der Waals surface area contributed by atoms with Crippen LogP contribution in [0.3, 0.4) is 0 Å². The molecule has 0 amide bonds. The van der Waals surface area contributed by atoms with E-state index < -0.39 is 0 Å². The zero-order chi connectivity index (χ0) is 10.3. The van der Waals surface area contributed by atoms with Crippen molar-refractivity contribution >= 4 is 0 Å². The number of ether oxygens (including phenoxy) is 1. The fourth-order valence-electron chi connectivity index (χ4n) is 1.18. The van der Waals surface area contributed by atoms with Crippen LogP contribution in [0.5, 0.6) is 0 Å². The molecule has 1 heteroatoms. The van der Waals surface area contributed by atoms with Gasteiger partial charge in [-0.1, -0.05) is 24.6 Å². The van der Waals surface area contributed by atoms with Crippen molar-refractivity contribution in [2.45, 2.75) is 47.1 Å². The van der Waals surface area contributed by atoms with E-state index in [1.807, 2.05) is 6.92 Å². The summed E-state index contributed by atoms with van der Waals surface area (Å²) in [7, 11) is 0. The van der Waals surface area contributed by atoms with Gasteiger partial charge in [0, 0.05) is 6.61 Å². The lowest BCUT2D eigenvalue weighted by Crippen LogP contribution is -2.09. The first-order chi connectivity index (χ1) is 6.15. The Morgan fingerprint density at radius 1 is 1.38 bits per heavy atom. The van der Waals surface area contributed by atoms with Crippen LogP contribution in [0.15, 0.2) is 23.3 Å². The predicted molar refractivity (Wildman–Crippen MR) is 58.9 cm³/mol. The SMILES string of the molecule is C/C=C(\C=C(/C)C(C)OCC)CC. The Labute approximate surface area is 82.5 Å². The average molecular weight is 182 g/mol. The van der Waals surface area contributed by atoms with E-state index in [9.17, 15) is 0 Å². The minimum Gasteiger partial charge on any atom is -0.374 e. The van der Waals surface area contributed by atoms with Crippen molar-refractivity contribution < 1.29 is 4.74 Å². The molecule has 0 aliphatic carbocycles. The predicted octanol–water partition coefficient (Wildman–Crippen LogP) is 3.71. The summed E-state index contributed by atoms with van der Waals surface area (Å²) >= 11 is 0. The van der Waals surface area contributed by atoms with Gasteiger partial charge in [-0.15, -0.1) is 0 Å². The fourth-order valence-corrected chi connectivity index (χ4v) is 1.18. The third-order valence-corrected chi connectivity index (χ3v) is 2.25. The molecule has 0 bridgehead atoms. The van der Waals surface area contributed by atoms with Gasteiger partial charge in [-0.2, -0.15) is 0 Å². The molecule has 13 heavy (non-hydrogen) atoms. The van der Waals surface area contributed by atoms with Gasteiger partial charge in [0.05, 0.1) is 6.10 Å². The molecule has 0 aliphatic rings. The van der Waals surface area contributed by atoms with Crippen LogP contribution in [0, 0.1) is 0 Å². The number of hydrogen-bond donors (Lipinski definition) is 0. The molecule has 0 aliphatic heterocycles. The lowest BCUT2D eigenvalue weighted by Gasteiger charge is -2.12. The standard InChI is InChI=1S/C12H22O/c1-6-12(7-2)9-10(4)11(5)13-8-3/h6,9,11H,7-8H2,1-5H3/b10-9+,12-6-. The fraction of sp³-hybridized carbons (Fsp3) is 0.667. The maximum atomic E-state index is 5.50. The van der Waals surface area contributed by atoms with E-state index in [1.54, 1.807) is 0 Å². The van der Waals surface area contributed by atoms with Crippen LogP contribution in [-0.4, -0.2) is 12.7 Å². The zero-order valence-corrected chi connectivity index (χ0v) is 9.55. The number of rotatable bonds is 5. The van der Waals surface area contributed by atoms with Crippen molar-refractivity contribution in [1.82, 2.24) is 0 Å². The van der Waals surface area contributed by atoms with Crippen molar-refractivity contribution in [3.05, 3.63) is 23.3 Å². The molecule has 1 nitrogen and oxygen atoms in total. The van der Waals surface area contributed by atoms with E-state index >= 15 is 0 Å². The largest absolute Gasteiger partial charge is 0.374 e. The summed E-state index contributed by atoms with van der Waals surface area (Å²) < 4.78 is 5.50. The molecule has 0 N–H and O–H groups in total. The van der Waals surface area contributed by atoms with Crippen molar-refractivity contribution in [3.63, 3.8) is 0 Å². The van der Waals surface area contributed by atoms with Crippen LogP contribution < -0.4 is 0 Å². The van der Waals surface area contributed by atoms with Gasteiger partial charge in [-0.3, -0.25) is 0 Å². The lowest BCUT2D eigenvalue weighted by molar-refractivity contribution is 0.101. The Kier molecular flexibility index (Phi) is 6.61. The van der Waals surface area contributed by atoms with Crippen molar-refractivity contribution in [2.24, 2.45) is 0 Å². The summed E-state index contributed by atoms with van der Waals surface area (Å²) in [6.07, 6.45) is 5.71. The van der Waals surface area contributed by atoms with Gasteiger partial charge in [0.15, 0.2) is 0 Å². The van der Waals surface area contributed by atoms with E-state index in [4.69, 9.17) is 4.74 Å². The Bertz CT molecular complexity index is 189. The maximum Gasteiger partial charge on any atom is 0.0757 e. The van der Waals surface area contributed by atoms with Crippen LogP contribution >= 0.6 is 0 Å². The van der Waals surface area contributed by atoms with Crippen LogP contribution in [0.25, 0.3) is 0 Å². The topological polar surface area (TPSA) is 9.23 Å². The second kappa shape index (κ2) is 6.90. The zero-order valence-electron chi connectivity index (χ0n) is 9.55. The monoisotopic (exact) mass is 182 g/mol. The molecular weight excluding hydrogens is 160 g/mol. The van der Waals surface area contributed by atoms with E-state index in [0.29, 0.717) is 0 Å². The van der Waals surface area contributed by atoms with Crippen molar-refractivity contribution in [3.8, 4) is 0 Å². The minimum absolute atomic E-state index is 0.242. The average Bonchev–Trinajstić information content (AvgIpc) is 2.14. The van der Waals surface area contributed by atoms with Gasteiger partial charge in [0.1, 0.15) is 0 Å². The Morgan fingerprint density at radius 2 is 2.00 bits per heavy atom. The molecule has 0 saturated carbocycles. The summed E-state index contributed by atoms with van der Waals surface area (Å²) in [6, 6.07) is 0. The highest BCUT2D eigenvalue weighted by molar-refractivity contribution is 5.23. The van der Waals surface area contributed by atoms with E-state index in [2.05, 4.69) is 39.8 Å². The van der Waals surface area contributed by atoms with E-state index in [-0.39, 0.29) is 6.10 Å². The Hall–Kier alpha value is -0.560. The lowest BCUT2D eigenvalue weighted by atomic mass is 10.1. The second-order valence-electron chi connectivity index (χ2n) is 3.20. The van der Waals surface area contributed by atoms with Crippen LogP contribution in [-0.2, 0) is 4.74 Å². The molecule has 0 saturated heterocycles. The third kappa shape index (κ3) is 4.89. The molecule has 0 aromatic carbocycles. The molecule has 76 valence electrons. The van der Waals surface area contributed by atoms with Gasteiger partial charge >= 0.3 is 0 Å². The van der Waals surface area contributed by atoms with E-state index in [1.165, 1.54) is 11.1 Å². The van der Waals surface area contributed by atoms with Crippen LogP contribution in [0.2, 0.25) is 0 Å². The van der Waals surface area contributed by atoms with Crippen molar-refractivity contribution in [2.75, 3.05) is 6.61 Å². The first-order valence-electron chi connectivity index (χ1n) is 5.10. The number of hydrogen-bond acceptors (Lipinski definition) is 1. The third-order valence-electron chi connectivity index (χ3n) is 2.25. The second-order valence-corrected chi connectivity index (χ2v) is 3.20. The smallest absolute Gasteiger partial charge is 0.0757 e. The summed E-state index contributed by atoms with van der Waals surface area (Å²) in [5, 5.41) is 0. The molecule has 0 rings (SSSR count).